The molecule has 184 valence electrons. The monoisotopic (exact) mass is 466 g/mol. The van der Waals surface area contributed by atoms with Crippen molar-refractivity contribution in [2.45, 2.75) is 105 Å². The predicted octanol–water partition coefficient (Wildman–Crippen LogP) is 8.25. The molecule has 4 nitrogen and oxygen atoms in total. The van der Waals surface area contributed by atoms with Crippen LogP contribution in [0.15, 0.2) is 12.2 Å². The summed E-state index contributed by atoms with van der Waals surface area (Å²) in [6.45, 7) is 12.4. The molecule has 0 aromatic heterocycles. The molecule has 0 aromatic rings. The average molecular weight is 467 g/mol. The first-order valence-corrected chi connectivity index (χ1v) is 14.0. The van der Waals surface area contributed by atoms with E-state index in [1.165, 1.54) is 51.4 Å². The fourth-order valence-electron chi connectivity index (χ4n) is 8.93. The van der Waals surface area contributed by atoms with Gasteiger partial charge in [-0.15, -0.1) is 4.33 Å². The van der Waals surface area contributed by atoms with Gasteiger partial charge in [-0.1, -0.05) is 58.2 Å². The van der Waals surface area contributed by atoms with Crippen molar-refractivity contribution in [1.82, 2.24) is 0 Å². The number of hydrogen-bond acceptors (Lipinski definition) is 5. The molecule has 0 amide bonds. The van der Waals surface area contributed by atoms with Gasteiger partial charge >= 0.3 is 0 Å². The standard InChI is InChI=1S/C27H46O4S/c1-6-18(2)7-8-19(3)23-11-12-24-22-10-9-20-17-21(29-32-31-30-28)13-15-26(20,4)25(22)14-16-27(23,24)5/h7-8,18-25,28H,6,9-17H2,1-5H3/b8-7+/t18?,19?,20?,21-,22-,23?,24?,25?,26-,27+/m0/s1. The van der Waals surface area contributed by atoms with Crippen molar-refractivity contribution in [2.75, 3.05) is 0 Å². The van der Waals surface area contributed by atoms with Gasteiger partial charge in [-0.2, -0.15) is 0 Å². The van der Waals surface area contributed by atoms with Crippen LogP contribution in [0.25, 0.3) is 0 Å². The lowest BCUT2D eigenvalue weighted by molar-refractivity contribution is -0.434. The largest absolute Gasteiger partial charge is 0.286 e. The summed E-state index contributed by atoms with van der Waals surface area (Å²) in [6.07, 6.45) is 18.4. The van der Waals surface area contributed by atoms with E-state index in [4.69, 9.17) is 9.44 Å². The lowest BCUT2D eigenvalue weighted by atomic mass is 9.44. The van der Waals surface area contributed by atoms with E-state index in [2.05, 4.69) is 56.1 Å². The summed E-state index contributed by atoms with van der Waals surface area (Å²) in [5, 5.41) is 12.0. The summed E-state index contributed by atoms with van der Waals surface area (Å²) in [5.74, 6) is 5.74. The Labute approximate surface area is 200 Å². The second kappa shape index (κ2) is 10.3. The van der Waals surface area contributed by atoms with Gasteiger partial charge in [-0.3, -0.25) is 4.18 Å². The second-order valence-electron chi connectivity index (χ2n) is 12.2. The van der Waals surface area contributed by atoms with Crippen LogP contribution < -0.4 is 0 Å². The van der Waals surface area contributed by atoms with Gasteiger partial charge in [0.25, 0.3) is 0 Å². The highest BCUT2D eigenvalue weighted by Gasteiger charge is 2.60. The zero-order valence-corrected chi connectivity index (χ0v) is 21.7. The first-order chi connectivity index (χ1) is 15.3. The number of hydrogen-bond donors (Lipinski definition) is 1. The van der Waals surface area contributed by atoms with E-state index in [1.54, 1.807) is 0 Å². The Hall–Kier alpha value is -0.0700. The van der Waals surface area contributed by atoms with Crippen LogP contribution in [-0.4, -0.2) is 11.4 Å². The third kappa shape index (κ3) is 4.58. The SMILES string of the molecule is CCC(C)/C=C/C(C)C1CCC2[C@@H]3CCC4C[C@@H](OSOOO)CC[C@]4(C)C3CC[C@]12C. The molecule has 4 rings (SSSR count). The lowest BCUT2D eigenvalue weighted by Crippen LogP contribution is -2.54. The summed E-state index contributed by atoms with van der Waals surface area (Å²) < 4.78 is 10.2. The molecule has 4 aliphatic carbocycles. The lowest BCUT2D eigenvalue weighted by Gasteiger charge is -2.61. The normalized spacial score (nSPS) is 45.8. The zero-order chi connectivity index (χ0) is 22.9. The Morgan fingerprint density at radius 3 is 2.47 bits per heavy atom. The van der Waals surface area contributed by atoms with Gasteiger partial charge in [-0.25, -0.2) is 5.26 Å². The van der Waals surface area contributed by atoms with E-state index in [9.17, 15) is 0 Å². The topological polar surface area (TPSA) is 47.9 Å². The highest BCUT2D eigenvalue weighted by Crippen LogP contribution is 2.68. The summed E-state index contributed by atoms with van der Waals surface area (Å²) in [6, 6.07) is 0. The molecule has 32 heavy (non-hydrogen) atoms. The van der Waals surface area contributed by atoms with Crippen LogP contribution in [0.1, 0.15) is 98.8 Å². The van der Waals surface area contributed by atoms with Crippen LogP contribution in [0, 0.1) is 52.3 Å². The first-order valence-electron chi connectivity index (χ1n) is 13.3. The van der Waals surface area contributed by atoms with Crippen LogP contribution in [0.4, 0.5) is 0 Å². The molecule has 1 N–H and O–H groups in total. The van der Waals surface area contributed by atoms with Crippen LogP contribution in [0.5, 0.6) is 0 Å². The number of allylic oxidation sites excluding steroid dienone is 2. The maximum atomic E-state index is 8.34. The highest BCUT2D eigenvalue weighted by atomic mass is 32.2. The molecule has 10 atom stereocenters. The minimum atomic E-state index is 0.202. The third-order valence-electron chi connectivity index (χ3n) is 10.9. The molecular weight excluding hydrogens is 420 g/mol. The molecule has 0 heterocycles. The van der Waals surface area contributed by atoms with Gasteiger partial charge in [0, 0.05) is 0 Å². The Morgan fingerprint density at radius 1 is 0.969 bits per heavy atom. The van der Waals surface area contributed by atoms with E-state index in [0.29, 0.717) is 22.7 Å². The van der Waals surface area contributed by atoms with E-state index in [1.807, 2.05) is 0 Å². The number of fused-ring (bicyclic) bond motifs is 5. The van der Waals surface area contributed by atoms with Gasteiger partial charge in [0.05, 0.1) is 6.10 Å². The van der Waals surface area contributed by atoms with Gasteiger partial charge in [0.15, 0.2) is 12.3 Å². The van der Waals surface area contributed by atoms with Crippen molar-refractivity contribution in [3.63, 3.8) is 0 Å². The van der Waals surface area contributed by atoms with Crippen LogP contribution in [0.2, 0.25) is 0 Å². The van der Waals surface area contributed by atoms with Gasteiger partial charge < -0.3 is 0 Å². The fourth-order valence-corrected chi connectivity index (χ4v) is 9.27. The molecule has 4 saturated carbocycles. The zero-order valence-electron chi connectivity index (χ0n) is 20.9. The van der Waals surface area contributed by atoms with Crippen LogP contribution in [0.3, 0.4) is 0 Å². The first kappa shape index (κ1) is 25.0. The van der Waals surface area contributed by atoms with E-state index >= 15 is 0 Å². The molecule has 0 aromatic carbocycles. The Balaban J connectivity index is 1.43. The molecule has 0 radical (unpaired) electrons. The Morgan fingerprint density at radius 2 is 1.72 bits per heavy atom. The van der Waals surface area contributed by atoms with Crippen LogP contribution >= 0.6 is 12.3 Å². The Bertz CT molecular complexity index is 656. The van der Waals surface area contributed by atoms with Gasteiger partial charge in [-0.05, 0) is 110 Å². The molecular formula is C27H46O4S. The maximum absolute atomic E-state index is 8.34. The number of rotatable bonds is 8. The summed E-state index contributed by atoms with van der Waals surface area (Å²) >= 11 is 0.765. The summed E-state index contributed by atoms with van der Waals surface area (Å²) in [4.78, 5) is 0. The van der Waals surface area contributed by atoms with E-state index in [-0.39, 0.29) is 6.10 Å². The van der Waals surface area contributed by atoms with Crippen molar-refractivity contribution in [3.05, 3.63) is 12.2 Å². The van der Waals surface area contributed by atoms with Crippen molar-refractivity contribution >= 4 is 12.3 Å². The minimum absolute atomic E-state index is 0.202. The molecule has 0 spiro atoms. The summed E-state index contributed by atoms with van der Waals surface area (Å²) in [7, 11) is 0. The smallest absolute Gasteiger partial charge is 0.197 e. The highest BCUT2D eigenvalue weighted by molar-refractivity contribution is 7.89. The van der Waals surface area contributed by atoms with E-state index in [0.717, 1.165) is 54.8 Å². The molecule has 5 heteroatoms. The van der Waals surface area contributed by atoms with E-state index < -0.39 is 0 Å². The average Bonchev–Trinajstić information content (AvgIpc) is 3.14. The van der Waals surface area contributed by atoms with Crippen molar-refractivity contribution in [2.24, 2.45) is 52.3 Å². The molecule has 0 aliphatic heterocycles. The summed E-state index contributed by atoms with van der Waals surface area (Å²) in [5.41, 5.74) is 0.991. The van der Waals surface area contributed by atoms with Crippen molar-refractivity contribution < 1.29 is 18.8 Å². The predicted molar refractivity (Wildman–Crippen MR) is 130 cm³/mol. The van der Waals surface area contributed by atoms with Crippen molar-refractivity contribution in [1.29, 1.82) is 0 Å². The Kier molecular flexibility index (Phi) is 8.04. The molecule has 4 aliphatic rings. The minimum Gasteiger partial charge on any atom is -0.286 e. The van der Waals surface area contributed by atoms with Crippen molar-refractivity contribution in [3.8, 4) is 0 Å². The molecule has 0 bridgehead atoms. The third-order valence-corrected chi connectivity index (χ3v) is 11.4. The van der Waals surface area contributed by atoms with Gasteiger partial charge in [0.2, 0.25) is 0 Å². The van der Waals surface area contributed by atoms with Gasteiger partial charge in [0.1, 0.15) is 0 Å². The fraction of sp³-hybridized carbons (Fsp3) is 0.926. The van der Waals surface area contributed by atoms with Crippen LogP contribution in [-0.2, 0) is 13.6 Å². The molecule has 6 unspecified atom stereocenters. The maximum Gasteiger partial charge on any atom is 0.197 e. The quantitative estimate of drug-likeness (QED) is 0.128. The second-order valence-corrected chi connectivity index (χ2v) is 12.7. The molecule has 0 saturated heterocycles. The molecule has 4 fully saturated rings.